The Hall–Kier alpha value is -1.33. The van der Waals surface area contributed by atoms with Crippen LogP contribution in [0.1, 0.15) is 50.7 Å². The van der Waals surface area contributed by atoms with E-state index in [1.54, 1.807) is 6.92 Å². The number of carbonyl (C=O) groups is 1. The van der Waals surface area contributed by atoms with Gasteiger partial charge >= 0.3 is 5.97 Å². The molecule has 0 amide bonds. The fraction of sp³-hybridized carbons (Fsp3) is 0.632. The van der Waals surface area contributed by atoms with E-state index in [2.05, 4.69) is 5.32 Å². The molecule has 1 fully saturated rings. The summed E-state index contributed by atoms with van der Waals surface area (Å²) in [5.41, 5.74) is 0.828. The molecule has 1 saturated heterocycles. The fourth-order valence-corrected chi connectivity index (χ4v) is 4.16. The van der Waals surface area contributed by atoms with Crippen molar-refractivity contribution >= 4 is 17.6 Å². The molecule has 0 saturated carbocycles. The van der Waals surface area contributed by atoms with Crippen molar-refractivity contribution in [1.82, 2.24) is 5.32 Å². The Kier molecular flexibility index (Phi) is 5.26. The van der Waals surface area contributed by atoms with Crippen LogP contribution in [-0.4, -0.2) is 31.3 Å². The third-order valence-electron chi connectivity index (χ3n) is 4.99. The van der Waals surface area contributed by atoms with Crippen molar-refractivity contribution in [2.24, 2.45) is 5.92 Å². The number of fused-ring (bicyclic) bond motifs is 1. The number of rotatable bonds is 4. The lowest BCUT2D eigenvalue weighted by atomic mass is 9.79. The summed E-state index contributed by atoms with van der Waals surface area (Å²) in [6.07, 6.45) is 2.26. The highest BCUT2D eigenvalue weighted by molar-refractivity contribution is 6.32. The van der Waals surface area contributed by atoms with E-state index < -0.39 is 17.3 Å². The first kappa shape index (κ1) is 18.5. The van der Waals surface area contributed by atoms with Crippen LogP contribution in [0.4, 0.5) is 4.39 Å². The Bertz CT molecular complexity index is 671. The molecule has 0 unspecified atom stereocenters. The Morgan fingerprint density at radius 3 is 2.80 bits per heavy atom. The van der Waals surface area contributed by atoms with Crippen LogP contribution < -0.4 is 10.1 Å². The average Bonchev–Trinajstić information content (AvgIpc) is 2.88. The van der Waals surface area contributed by atoms with Gasteiger partial charge in [-0.05, 0) is 64.3 Å². The summed E-state index contributed by atoms with van der Waals surface area (Å²) in [6, 6.07) is 1.85. The van der Waals surface area contributed by atoms with Crippen LogP contribution in [0, 0.1) is 11.7 Å². The van der Waals surface area contributed by atoms with Crippen molar-refractivity contribution < 1.29 is 18.7 Å². The van der Waals surface area contributed by atoms with Gasteiger partial charge in [0.05, 0.1) is 17.5 Å². The molecule has 2 aliphatic heterocycles. The molecule has 138 valence electrons. The predicted molar refractivity (Wildman–Crippen MR) is 94.8 cm³/mol. The molecular weight excluding hydrogens is 345 g/mol. The van der Waals surface area contributed by atoms with Gasteiger partial charge in [-0.1, -0.05) is 11.6 Å². The normalized spacial score (nSPS) is 20.7. The summed E-state index contributed by atoms with van der Waals surface area (Å²) in [7, 11) is 0. The molecule has 1 atom stereocenters. The molecular formula is C19H25ClFNO3. The summed E-state index contributed by atoms with van der Waals surface area (Å²) in [5.74, 6) is -1.13. The van der Waals surface area contributed by atoms with Crippen molar-refractivity contribution in [3.05, 3.63) is 28.0 Å². The highest BCUT2D eigenvalue weighted by atomic mass is 35.5. The smallest absolute Gasteiger partial charge is 0.313 e. The number of ether oxygens (including phenoxy) is 2. The lowest BCUT2D eigenvalue weighted by molar-refractivity contribution is -0.146. The second kappa shape index (κ2) is 7.12. The first-order valence-electron chi connectivity index (χ1n) is 8.91. The highest BCUT2D eigenvalue weighted by Gasteiger charge is 2.39. The summed E-state index contributed by atoms with van der Waals surface area (Å²) in [4.78, 5) is 12.7. The van der Waals surface area contributed by atoms with Gasteiger partial charge in [0.2, 0.25) is 0 Å². The monoisotopic (exact) mass is 369 g/mol. The first-order chi connectivity index (χ1) is 11.8. The molecule has 0 radical (unpaired) electrons. The van der Waals surface area contributed by atoms with Crippen molar-refractivity contribution in [1.29, 1.82) is 0 Å². The van der Waals surface area contributed by atoms with Crippen LogP contribution in [-0.2, 0) is 16.0 Å². The molecule has 3 rings (SSSR count). The highest BCUT2D eigenvalue weighted by Crippen LogP contribution is 2.45. The van der Waals surface area contributed by atoms with Crippen molar-refractivity contribution in [3.63, 3.8) is 0 Å². The maximum absolute atomic E-state index is 14.9. The zero-order chi connectivity index (χ0) is 18.2. The number of carbonyl (C=O) groups excluding carboxylic acids is 1. The second-order valence-electron chi connectivity index (χ2n) is 7.44. The zero-order valence-corrected chi connectivity index (χ0v) is 15.7. The molecule has 0 aliphatic carbocycles. The van der Waals surface area contributed by atoms with E-state index in [0.717, 1.165) is 31.5 Å². The number of halogens is 2. The SMILES string of the molecule is CCOC(=O)[C@@H](c1cc2c(c(F)c1Cl)OC(C)(C)C2)C1CCNCC1. The summed E-state index contributed by atoms with van der Waals surface area (Å²) < 4.78 is 25.9. The molecule has 6 heteroatoms. The maximum atomic E-state index is 14.9. The van der Waals surface area contributed by atoms with Gasteiger partial charge in [-0.3, -0.25) is 4.79 Å². The zero-order valence-electron chi connectivity index (χ0n) is 15.0. The average molecular weight is 370 g/mol. The van der Waals surface area contributed by atoms with Crippen LogP contribution in [0.2, 0.25) is 5.02 Å². The summed E-state index contributed by atoms with van der Waals surface area (Å²) >= 11 is 6.35. The third kappa shape index (κ3) is 3.63. The number of benzene rings is 1. The largest absolute Gasteiger partial charge is 0.484 e. The number of hydrogen-bond acceptors (Lipinski definition) is 4. The number of nitrogens with one attached hydrogen (secondary N) is 1. The number of piperidine rings is 1. The van der Waals surface area contributed by atoms with Crippen LogP contribution >= 0.6 is 11.6 Å². The molecule has 1 N–H and O–H groups in total. The lowest BCUT2D eigenvalue weighted by Gasteiger charge is -2.30. The van der Waals surface area contributed by atoms with E-state index in [4.69, 9.17) is 21.1 Å². The van der Waals surface area contributed by atoms with Gasteiger partial charge in [0.25, 0.3) is 0 Å². The van der Waals surface area contributed by atoms with Gasteiger partial charge in [0.15, 0.2) is 11.6 Å². The lowest BCUT2D eigenvalue weighted by Crippen LogP contribution is -2.34. The molecule has 0 aromatic heterocycles. The minimum Gasteiger partial charge on any atom is -0.484 e. The van der Waals surface area contributed by atoms with Crippen molar-refractivity contribution in [2.75, 3.05) is 19.7 Å². The summed E-state index contributed by atoms with van der Waals surface area (Å²) in [6.45, 7) is 7.56. The van der Waals surface area contributed by atoms with E-state index in [1.165, 1.54) is 0 Å². The second-order valence-corrected chi connectivity index (χ2v) is 7.82. The van der Waals surface area contributed by atoms with Crippen LogP contribution in [0.3, 0.4) is 0 Å². The molecule has 4 nitrogen and oxygen atoms in total. The molecule has 25 heavy (non-hydrogen) atoms. The fourth-order valence-electron chi connectivity index (χ4n) is 3.91. The quantitative estimate of drug-likeness (QED) is 0.819. The Balaban J connectivity index is 2.04. The van der Waals surface area contributed by atoms with Crippen LogP contribution in [0.5, 0.6) is 5.75 Å². The predicted octanol–water partition coefficient (Wildman–Crippen LogP) is 3.84. The van der Waals surface area contributed by atoms with Gasteiger partial charge < -0.3 is 14.8 Å². The standard InChI is InChI=1S/C19H25ClFNO3/c1-4-24-18(23)14(11-5-7-22-8-6-11)13-9-12-10-19(2,3)25-17(12)16(21)15(13)20/h9,11,14,22H,4-8,10H2,1-3H3/t14-/m1/s1. The van der Waals surface area contributed by atoms with Gasteiger partial charge in [-0.2, -0.15) is 0 Å². The van der Waals surface area contributed by atoms with Crippen molar-refractivity contribution in [3.8, 4) is 5.75 Å². The van der Waals surface area contributed by atoms with E-state index in [1.807, 2.05) is 19.9 Å². The van der Waals surface area contributed by atoms with Crippen LogP contribution in [0.25, 0.3) is 0 Å². The van der Waals surface area contributed by atoms with Gasteiger partial charge in [-0.15, -0.1) is 0 Å². The first-order valence-corrected chi connectivity index (χ1v) is 9.29. The van der Waals surface area contributed by atoms with Gasteiger partial charge in [0, 0.05) is 12.0 Å². The Morgan fingerprint density at radius 2 is 2.16 bits per heavy atom. The Morgan fingerprint density at radius 1 is 1.48 bits per heavy atom. The van der Waals surface area contributed by atoms with Crippen molar-refractivity contribution in [2.45, 2.75) is 51.6 Å². The third-order valence-corrected chi connectivity index (χ3v) is 5.38. The molecule has 0 bridgehead atoms. The number of esters is 1. The molecule has 0 spiro atoms. The minimum absolute atomic E-state index is 0.0203. The van der Waals surface area contributed by atoms with Gasteiger partial charge in [-0.25, -0.2) is 4.39 Å². The van der Waals surface area contributed by atoms with E-state index in [9.17, 15) is 9.18 Å². The maximum Gasteiger partial charge on any atom is 0.313 e. The summed E-state index contributed by atoms with van der Waals surface area (Å²) in [5, 5.41) is 3.27. The molecule has 2 aliphatic rings. The molecule has 1 aromatic rings. The van der Waals surface area contributed by atoms with E-state index in [0.29, 0.717) is 18.6 Å². The Labute approximate surface area is 153 Å². The number of hydrogen-bond donors (Lipinski definition) is 1. The minimum atomic E-state index is -0.567. The van der Waals surface area contributed by atoms with Crippen LogP contribution in [0.15, 0.2) is 6.07 Å². The van der Waals surface area contributed by atoms with Gasteiger partial charge in [0.1, 0.15) is 5.60 Å². The van der Waals surface area contributed by atoms with E-state index in [-0.39, 0.29) is 22.7 Å². The van der Waals surface area contributed by atoms with E-state index >= 15 is 0 Å². The topological polar surface area (TPSA) is 47.6 Å². The molecule has 1 aromatic carbocycles. The molecule has 2 heterocycles.